The third kappa shape index (κ3) is 11.0. The maximum Gasteiger partial charge on any atom is 0.412 e. The van der Waals surface area contributed by atoms with Gasteiger partial charge in [-0.2, -0.15) is 0 Å². The van der Waals surface area contributed by atoms with Crippen LogP contribution in [0.15, 0.2) is 121 Å². The van der Waals surface area contributed by atoms with Crippen molar-refractivity contribution in [1.29, 1.82) is 0 Å². The van der Waals surface area contributed by atoms with Crippen LogP contribution in [0, 0.1) is 0 Å². The van der Waals surface area contributed by atoms with Crippen LogP contribution in [0.5, 0.6) is 0 Å². The topological polar surface area (TPSA) is 276 Å². The molecule has 0 bridgehead atoms. The van der Waals surface area contributed by atoms with E-state index in [1.54, 1.807) is 121 Å². The summed E-state index contributed by atoms with van der Waals surface area (Å²) in [6.45, 7) is -0.261. The monoisotopic (exact) mass is 798 g/mol. The average molecular weight is 799 g/mol. The van der Waals surface area contributed by atoms with Crippen LogP contribution in [0.25, 0.3) is 0 Å². The van der Waals surface area contributed by atoms with Crippen LogP contribution in [0.1, 0.15) is 6.42 Å². The molecule has 18 heteroatoms. The Bertz CT molecular complexity index is 1950. The summed E-state index contributed by atoms with van der Waals surface area (Å²) in [6.07, 6.45) is -13.1. The van der Waals surface area contributed by atoms with Gasteiger partial charge in [0.25, 0.3) is 0 Å². The minimum absolute atomic E-state index is 0.0290. The molecule has 306 valence electrons. The van der Waals surface area contributed by atoms with Gasteiger partial charge in [0.15, 0.2) is 30.7 Å². The number of hydrogen-bond donors (Lipinski definition) is 8. The van der Waals surface area contributed by atoms with Crippen LogP contribution < -0.4 is 44.2 Å². The van der Waals surface area contributed by atoms with Crippen LogP contribution in [-0.2, 0) is 28.4 Å². The Labute approximate surface area is 333 Å². The molecule has 58 heavy (non-hydrogen) atoms. The summed E-state index contributed by atoms with van der Waals surface area (Å²) >= 11 is 0. The summed E-state index contributed by atoms with van der Waals surface area (Å²) in [6, 6.07) is 30.7. The van der Waals surface area contributed by atoms with Gasteiger partial charge in [0.2, 0.25) is 0 Å². The lowest BCUT2D eigenvalue weighted by molar-refractivity contribution is -0.285. The van der Waals surface area contributed by atoms with Gasteiger partial charge in [0, 0.05) is 41.4 Å². The number of hydrogen-bond acceptors (Lipinski definition) is 14. The summed E-state index contributed by atoms with van der Waals surface area (Å²) in [7, 11) is 0. The molecular formula is C40H46N8O10. The highest BCUT2D eigenvalue weighted by Crippen LogP contribution is 2.32. The molecule has 1 saturated heterocycles. The van der Waals surface area contributed by atoms with Gasteiger partial charge in [-0.05, 0) is 55.0 Å². The lowest BCUT2D eigenvalue weighted by Crippen LogP contribution is -2.69. The Balaban J connectivity index is 1.27. The average Bonchev–Trinajstić information content (AvgIpc) is 3.21. The molecule has 4 aromatic rings. The van der Waals surface area contributed by atoms with Crippen LogP contribution in [-0.4, -0.2) is 92.0 Å². The minimum Gasteiger partial charge on any atom is -0.440 e. The molecule has 1 aliphatic carbocycles. The van der Waals surface area contributed by atoms with Gasteiger partial charge in [-0.15, -0.1) is 0 Å². The highest BCUT2D eigenvalue weighted by molar-refractivity contribution is 5.87. The first kappa shape index (κ1) is 41.4. The molecule has 6 rings (SSSR count). The molecule has 2 fully saturated rings. The summed E-state index contributed by atoms with van der Waals surface area (Å²) in [5.74, 6) is 0. The summed E-state index contributed by atoms with van der Waals surface area (Å²) < 4.78 is 36.0. The van der Waals surface area contributed by atoms with Crippen molar-refractivity contribution in [1.82, 2.24) is 0 Å². The van der Waals surface area contributed by atoms with E-state index in [2.05, 4.69) is 21.3 Å². The predicted octanol–water partition coefficient (Wildman–Crippen LogP) is 3.91. The van der Waals surface area contributed by atoms with Gasteiger partial charge < -0.3 is 51.4 Å². The normalized spacial score (nSPS) is 26.6. The quantitative estimate of drug-likeness (QED) is 0.100. The molecule has 18 nitrogen and oxygen atoms in total. The Kier molecular flexibility index (Phi) is 14.1. The molecule has 0 aromatic heterocycles. The molecule has 12 N–H and O–H groups in total. The van der Waals surface area contributed by atoms with Crippen LogP contribution >= 0.6 is 0 Å². The first-order chi connectivity index (χ1) is 28.1. The van der Waals surface area contributed by atoms with Crippen molar-refractivity contribution in [3.8, 4) is 0 Å². The molecular weight excluding hydrogens is 752 g/mol. The maximum absolute atomic E-state index is 13.4. The number of amides is 4. The second-order valence-electron chi connectivity index (χ2n) is 13.5. The van der Waals surface area contributed by atoms with E-state index in [0.717, 1.165) is 0 Å². The summed E-state index contributed by atoms with van der Waals surface area (Å²) in [4.78, 5) is 53.1. The number of carbonyl (C=O) groups is 4. The summed E-state index contributed by atoms with van der Waals surface area (Å²) in [5.41, 5.74) is 27.7. The number of nitrogens with two attached hydrogens (primary N) is 4. The molecule has 1 heterocycles. The Morgan fingerprint density at radius 1 is 0.500 bits per heavy atom. The lowest BCUT2D eigenvalue weighted by atomic mass is 9.84. The van der Waals surface area contributed by atoms with Gasteiger partial charge in [0.05, 0.1) is 6.04 Å². The van der Waals surface area contributed by atoms with Gasteiger partial charge in [-0.3, -0.25) is 21.3 Å². The Morgan fingerprint density at radius 3 is 1.24 bits per heavy atom. The lowest BCUT2D eigenvalue weighted by Gasteiger charge is -2.48. The van der Waals surface area contributed by atoms with E-state index in [0.29, 0.717) is 22.7 Å². The number of rotatable bonds is 11. The fraction of sp³-hybridized carbons (Fsp3) is 0.300. The first-order valence-corrected chi connectivity index (χ1v) is 18.5. The molecule has 0 radical (unpaired) electrons. The highest BCUT2D eigenvalue weighted by atomic mass is 16.7. The summed E-state index contributed by atoms with van der Waals surface area (Å²) in [5, 5.41) is 10.5. The van der Waals surface area contributed by atoms with Gasteiger partial charge >= 0.3 is 24.4 Å². The van der Waals surface area contributed by atoms with Crippen molar-refractivity contribution in [2.45, 2.75) is 67.5 Å². The van der Waals surface area contributed by atoms with Crippen molar-refractivity contribution < 1.29 is 47.6 Å². The number of ether oxygens (including phenoxy) is 6. The molecule has 10 atom stereocenters. The zero-order valence-corrected chi connectivity index (χ0v) is 31.1. The van der Waals surface area contributed by atoms with E-state index in [1.165, 1.54) is 0 Å². The standard InChI is InChI=1S/C40H46N8O10/c41-22-29-33(56-38(50)46-24-15-7-2-8-16-24)34(57-39(51)47-25-17-9-3-10-18-25)30(44)36(53-29)54-31-27(42)21-28(43)32(55-37(49)45-23-13-5-1-6-14-23)35(31)58-40(52)48-26-19-11-4-12-20-26/h1-20,27-36H,21-22,41-44H2,(H,45,49)(H,46,50)(H,47,51)(H,48,52)/t27-,28+,29+,30+,31+,32-,33+,34+,35-,36+/m0/s1. The van der Waals surface area contributed by atoms with Crippen molar-refractivity contribution in [3.63, 3.8) is 0 Å². The largest absolute Gasteiger partial charge is 0.440 e. The van der Waals surface area contributed by atoms with Gasteiger partial charge in [-0.25, -0.2) is 19.2 Å². The predicted molar refractivity (Wildman–Crippen MR) is 212 cm³/mol. The SMILES string of the molecule is NC[C@H]1O[C@H](O[C@H]2[C@H](OC(=O)Nc3ccccc3)[C@@H](OC(=O)Nc3ccccc3)[C@H](N)C[C@@H]2N)[C@H](N)[C@@H](OC(=O)Nc2ccccc2)[C@@H]1OC(=O)Nc1ccccc1. The smallest absolute Gasteiger partial charge is 0.412 e. The molecule has 4 amide bonds. The van der Waals surface area contributed by atoms with E-state index in [1.807, 2.05) is 0 Å². The first-order valence-electron chi connectivity index (χ1n) is 18.5. The zero-order valence-electron chi connectivity index (χ0n) is 31.1. The molecule has 2 aliphatic rings. The van der Waals surface area contributed by atoms with E-state index in [9.17, 15) is 19.2 Å². The number of benzene rings is 4. The van der Waals surface area contributed by atoms with Gasteiger partial charge in [0.1, 0.15) is 12.2 Å². The van der Waals surface area contributed by atoms with Crippen LogP contribution in [0.3, 0.4) is 0 Å². The zero-order chi connectivity index (χ0) is 41.0. The van der Waals surface area contributed by atoms with E-state index in [-0.39, 0.29) is 13.0 Å². The number of carbonyl (C=O) groups excluding carboxylic acids is 4. The van der Waals surface area contributed by atoms with Crippen molar-refractivity contribution >= 4 is 47.1 Å². The Morgan fingerprint density at radius 2 is 0.845 bits per heavy atom. The van der Waals surface area contributed by atoms with E-state index < -0.39 is 85.4 Å². The van der Waals surface area contributed by atoms with Crippen LogP contribution in [0.4, 0.5) is 41.9 Å². The van der Waals surface area contributed by atoms with Crippen molar-refractivity contribution in [3.05, 3.63) is 121 Å². The van der Waals surface area contributed by atoms with Crippen LogP contribution in [0.2, 0.25) is 0 Å². The van der Waals surface area contributed by atoms with E-state index in [4.69, 9.17) is 51.4 Å². The second kappa shape index (κ2) is 19.7. The molecule has 1 aliphatic heterocycles. The fourth-order valence-corrected chi connectivity index (χ4v) is 6.58. The molecule has 0 spiro atoms. The number of anilines is 4. The highest BCUT2D eigenvalue weighted by Gasteiger charge is 2.54. The fourth-order valence-electron chi connectivity index (χ4n) is 6.58. The number of nitrogens with one attached hydrogen (secondary N) is 4. The third-order valence-electron chi connectivity index (χ3n) is 9.31. The maximum atomic E-state index is 13.4. The Hall–Kier alpha value is -6.28. The molecule has 4 aromatic carbocycles. The molecule has 1 saturated carbocycles. The minimum atomic E-state index is -1.48. The van der Waals surface area contributed by atoms with Gasteiger partial charge in [-0.1, -0.05) is 72.8 Å². The van der Waals surface area contributed by atoms with Crippen molar-refractivity contribution in [2.75, 3.05) is 27.8 Å². The number of para-hydroxylation sites is 4. The van der Waals surface area contributed by atoms with Crippen molar-refractivity contribution in [2.24, 2.45) is 22.9 Å². The van der Waals surface area contributed by atoms with E-state index >= 15 is 0 Å². The second-order valence-corrected chi connectivity index (χ2v) is 13.5. The molecule has 0 unspecified atom stereocenters. The third-order valence-corrected chi connectivity index (χ3v) is 9.31.